The van der Waals surface area contributed by atoms with Crippen LogP contribution in [-0.4, -0.2) is 23.0 Å². The Kier molecular flexibility index (Phi) is 12.4. The van der Waals surface area contributed by atoms with Gasteiger partial charge in [-0.3, -0.25) is 14.4 Å². The van der Waals surface area contributed by atoms with Crippen LogP contribution in [0.3, 0.4) is 0 Å². The summed E-state index contributed by atoms with van der Waals surface area (Å²) in [4.78, 5) is 40.5. The van der Waals surface area contributed by atoms with Gasteiger partial charge >= 0.3 is 0 Å². The number of benzene rings is 6. The van der Waals surface area contributed by atoms with Crippen molar-refractivity contribution in [3.63, 3.8) is 0 Å². The van der Waals surface area contributed by atoms with Crippen LogP contribution in [-0.2, 0) is 16.2 Å². The number of anilines is 2. The van der Waals surface area contributed by atoms with Crippen molar-refractivity contribution in [2.75, 3.05) is 10.6 Å². The normalized spacial score (nSPS) is 11.5. The van der Waals surface area contributed by atoms with Crippen molar-refractivity contribution in [1.29, 1.82) is 0 Å². The third kappa shape index (κ3) is 11.0. The van der Waals surface area contributed by atoms with Gasteiger partial charge in [0.1, 0.15) is 29.6 Å². The first-order valence-electron chi connectivity index (χ1n) is 16.9. The Hall–Kier alpha value is -6.58. The van der Waals surface area contributed by atoms with Crippen LogP contribution in [0.1, 0.15) is 28.4 Å². The Morgan fingerprint density at radius 3 is 1.83 bits per heavy atom. The maximum absolute atomic E-state index is 13.6. The molecule has 3 amide bonds. The third-order valence-electron chi connectivity index (χ3n) is 7.86. The van der Waals surface area contributed by atoms with Crippen molar-refractivity contribution in [3.05, 3.63) is 186 Å². The van der Waals surface area contributed by atoms with Crippen molar-refractivity contribution < 1.29 is 23.9 Å². The second-order valence-electron chi connectivity index (χ2n) is 11.9. The maximum Gasteiger partial charge on any atom is 0.272 e. The lowest BCUT2D eigenvalue weighted by Gasteiger charge is -2.14. The molecule has 0 aliphatic heterocycles. The number of thioether (sulfide) groups is 1. The lowest BCUT2D eigenvalue weighted by atomic mass is 10.1. The third-order valence-corrected chi connectivity index (χ3v) is 8.98. The molecule has 0 saturated carbocycles. The van der Waals surface area contributed by atoms with E-state index >= 15 is 0 Å². The van der Waals surface area contributed by atoms with Gasteiger partial charge in [-0.15, -0.1) is 11.8 Å². The molecule has 6 aromatic rings. The van der Waals surface area contributed by atoms with Crippen LogP contribution < -0.4 is 25.4 Å². The van der Waals surface area contributed by atoms with Crippen LogP contribution in [0.5, 0.6) is 17.2 Å². The van der Waals surface area contributed by atoms with Crippen molar-refractivity contribution in [3.8, 4) is 17.2 Å². The van der Waals surface area contributed by atoms with E-state index in [1.54, 1.807) is 66.7 Å². The Morgan fingerprint density at radius 1 is 0.623 bits per heavy atom. The predicted molar refractivity (Wildman–Crippen MR) is 211 cm³/mol. The smallest absolute Gasteiger partial charge is 0.272 e. The average Bonchev–Trinajstić information content (AvgIpc) is 3.20. The van der Waals surface area contributed by atoms with Gasteiger partial charge < -0.3 is 25.4 Å². The quantitative estimate of drug-likeness (QED) is 0.0765. The largest absolute Gasteiger partial charge is 0.489 e. The van der Waals surface area contributed by atoms with E-state index in [1.807, 2.05) is 110 Å². The molecule has 264 valence electrons. The number of para-hydroxylation sites is 1. The number of carbonyl (C=O) groups is 3. The van der Waals surface area contributed by atoms with Crippen molar-refractivity contribution >= 4 is 46.9 Å². The summed E-state index contributed by atoms with van der Waals surface area (Å²) in [6.07, 6.45) is 1.62. The fourth-order valence-corrected chi connectivity index (χ4v) is 5.93. The molecule has 53 heavy (non-hydrogen) atoms. The number of rotatable bonds is 14. The van der Waals surface area contributed by atoms with Gasteiger partial charge in [0.05, 0.1) is 5.25 Å². The number of hydrogen-bond acceptors (Lipinski definition) is 6. The number of carbonyl (C=O) groups excluding carboxylic acids is 3. The molecule has 0 aliphatic rings. The molecule has 0 aliphatic carbocycles. The van der Waals surface area contributed by atoms with Crippen LogP contribution >= 0.6 is 11.8 Å². The molecule has 6 rings (SSSR count). The monoisotopic (exact) mass is 719 g/mol. The minimum absolute atomic E-state index is 0.0696. The fourth-order valence-electron chi connectivity index (χ4n) is 5.06. The van der Waals surface area contributed by atoms with E-state index in [2.05, 4.69) is 16.0 Å². The first-order valence-corrected chi connectivity index (χ1v) is 17.8. The summed E-state index contributed by atoms with van der Waals surface area (Å²) in [6.45, 7) is 2.26. The molecule has 9 heteroatoms. The molecule has 8 nitrogen and oxygen atoms in total. The van der Waals surface area contributed by atoms with Gasteiger partial charge in [-0.05, 0) is 109 Å². The van der Waals surface area contributed by atoms with E-state index in [1.165, 1.54) is 11.8 Å². The highest BCUT2D eigenvalue weighted by Crippen LogP contribution is 2.27. The highest BCUT2D eigenvalue weighted by molar-refractivity contribution is 8.00. The number of amides is 3. The zero-order valence-electron chi connectivity index (χ0n) is 28.9. The first-order chi connectivity index (χ1) is 25.9. The summed E-state index contributed by atoms with van der Waals surface area (Å²) in [5, 5.41) is 8.20. The van der Waals surface area contributed by atoms with E-state index < -0.39 is 17.1 Å². The Labute approximate surface area is 312 Å². The lowest BCUT2D eigenvalue weighted by molar-refractivity contribution is -0.115. The SMILES string of the molecule is CC(Sc1ccc(NC(=O)/C(=C/c2ccc(OCc3ccccc3)cc2)NC(=O)c2ccccc2)cc1)C(=O)Nc1ccc(Oc2ccccc2)cc1. The standard InChI is InChI=1S/C44H37N3O5S/c1-31(42(48)45-35-19-25-39(26-20-35)52-38-15-9-4-10-16-38)53-40-27-21-36(22-28-40)46-44(50)41(47-43(49)34-13-7-3-8-14-34)29-32-17-23-37(24-18-32)51-30-33-11-5-2-6-12-33/h2-29,31H,30H2,1H3,(H,45,48)(H,46,50)(H,47,49)/b41-29-. The molecule has 0 bridgehead atoms. The Balaban J connectivity index is 1.06. The van der Waals surface area contributed by atoms with Gasteiger partial charge in [0, 0.05) is 21.8 Å². The zero-order chi connectivity index (χ0) is 36.8. The van der Waals surface area contributed by atoms with Crippen LogP contribution in [0, 0.1) is 0 Å². The second-order valence-corrected chi connectivity index (χ2v) is 13.3. The van der Waals surface area contributed by atoms with Crippen LogP contribution in [0.25, 0.3) is 6.08 Å². The first kappa shape index (κ1) is 36.2. The topological polar surface area (TPSA) is 106 Å². The molecule has 6 aromatic carbocycles. The van der Waals surface area contributed by atoms with E-state index in [-0.39, 0.29) is 11.6 Å². The summed E-state index contributed by atoms with van der Waals surface area (Å²) < 4.78 is 11.7. The van der Waals surface area contributed by atoms with Gasteiger partial charge in [0.25, 0.3) is 11.8 Å². The van der Waals surface area contributed by atoms with Gasteiger partial charge in [0.15, 0.2) is 0 Å². The van der Waals surface area contributed by atoms with Gasteiger partial charge in [-0.25, -0.2) is 0 Å². The summed E-state index contributed by atoms with van der Waals surface area (Å²) in [5.41, 5.74) is 3.43. The molecule has 0 heterocycles. The molecule has 0 radical (unpaired) electrons. The van der Waals surface area contributed by atoms with Crippen LogP contribution in [0.2, 0.25) is 0 Å². The van der Waals surface area contributed by atoms with Crippen molar-refractivity contribution in [2.24, 2.45) is 0 Å². The van der Waals surface area contributed by atoms with Gasteiger partial charge in [-0.1, -0.05) is 78.9 Å². The highest BCUT2D eigenvalue weighted by atomic mass is 32.2. The maximum atomic E-state index is 13.6. The number of nitrogens with one attached hydrogen (secondary N) is 3. The molecule has 0 fully saturated rings. The van der Waals surface area contributed by atoms with Crippen LogP contribution in [0.4, 0.5) is 11.4 Å². The molecule has 0 saturated heterocycles. The highest BCUT2D eigenvalue weighted by Gasteiger charge is 2.17. The van der Waals surface area contributed by atoms with Gasteiger partial charge in [0.2, 0.25) is 5.91 Å². The summed E-state index contributed by atoms with van der Waals surface area (Å²) >= 11 is 1.39. The van der Waals surface area contributed by atoms with Crippen molar-refractivity contribution in [1.82, 2.24) is 5.32 Å². The lowest BCUT2D eigenvalue weighted by Crippen LogP contribution is -2.30. The number of hydrogen-bond donors (Lipinski definition) is 3. The minimum atomic E-state index is -0.493. The number of ether oxygens (including phenoxy) is 2. The molecule has 0 spiro atoms. The minimum Gasteiger partial charge on any atom is -0.489 e. The molecule has 1 unspecified atom stereocenters. The molecule has 0 aromatic heterocycles. The Morgan fingerprint density at radius 2 is 1.17 bits per heavy atom. The molecule has 3 N–H and O–H groups in total. The summed E-state index contributed by atoms with van der Waals surface area (Å²) in [7, 11) is 0. The van der Waals surface area contributed by atoms with Crippen molar-refractivity contribution in [2.45, 2.75) is 23.7 Å². The molecular weight excluding hydrogens is 683 g/mol. The van der Waals surface area contributed by atoms with E-state index in [4.69, 9.17) is 9.47 Å². The summed E-state index contributed by atoms with van der Waals surface area (Å²) in [6, 6.07) is 49.7. The fraction of sp³-hybridized carbons (Fsp3) is 0.0682. The van der Waals surface area contributed by atoms with E-state index in [0.29, 0.717) is 40.6 Å². The van der Waals surface area contributed by atoms with E-state index in [0.717, 1.165) is 16.2 Å². The zero-order valence-corrected chi connectivity index (χ0v) is 29.7. The van der Waals surface area contributed by atoms with Gasteiger partial charge in [-0.2, -0.15) is 0 Å². The molecule has 1 atom stereocenters. The summed E-state index contributed by atoms with van der Waals surface area (Å²) in [5.74, 6) is 1.03. The predicted octanol–water partition coefficient (Wildman–Crippen LogP) is 9.59. The second kappa shape index (κ2) is 18.1. The molecular formula is C44H37N3O5S. The Bertz CT molecular complexity index is 2140. The van der Waals surface area contributed by atoms with Crippen LogP contribution in [0.15, 0.2) is 174 Å². The van der Waals surface area contributed by atoms with E-state index in [9.17, 15) is 14.4 Å². The average molecular weight is 720 g/mol.